The second kappa shape index (κ2) is 4.57. The Morgan fingerprint density at radius 1 is 1.53 bits per heavy atom. The summed E-state index contributed by atoms with van der Waals surface area (Å²) in [7, 11) is 0. The molecule has 1 fully saturated rings. The SMILES string of the molecule is O=c1ccncn1CC(O)C1CCCC1. The van der Waals surface area contributed by atoms with Crippen LogP contribution < -0.4 is 5.56 Å². The van der Waals surface area contributed by atoms with Crippen LogP contribution in [0.2, 0.25) is 0 Å². The molecule has 4 nitrogen and oxygen atoms in total. The second-order valence-corrected chi connectivity index (χ2v) is 4.18. The Kier molecular flexibility index (Phi) is 3.16. The molecule has 0 radical (unpaired) electrons. The predicted octanol–water partition coefficient (Wildman–Crippen LogP) is 0.794. The van der Waals surface area contributed by atoms with Crippen LogP contribution >= 0.6 is 0 Å². The van der Waals surface area contributed by atoms with Crippen LogP contribution in [-0.2, 0) is 6.54 Å². The van der Waals surface area contributed by atoms with E-state index in [9.17, 15) is 9.90 Å². The molecular weight excluding hydrogens is 192 g/mol. The molecular formula is C11H16N2O2. The first-order valence-corrected chi connectivity index (χ1v) is 5.46. The number of hydrogen-bond acceptors (Lipinski definition) is 3. The van der Waals surface area contributed by atoms with Gasteiger partial charge in [-0.3, -0.25) is 9.36 Å². The summed E-state index contributed by atoms with van der Waals surface area (Å²) >= 11 is 0. The minimum Gasteiger partial charge on any atom is -0.391 e. The molecule has 0 spiro atoms. The molecule has 15 heavy (non-hydrogen) atoms. The molecule has 1 aliphatic carbocycles. The van der Waals surface area contributed by atoms with E-state index in [1.807, 2.05) is 0 Å². The molecule has 0 bridgehead atoms. The third-order valence-corrected chi connectivity index (χ3v) is 3.12. The lowest BCUT2D eigenvalue weighted by molar-refractivity contribution is 0.0917. The molecule has 1 aromatic heterocycles. The number of hydrogen-bond donors (Lipinski definition) is 1. The largest absolute Gasteiger partial charge is 0.391 e. The summed E-state index contributed by atoms with van der Waals surface area (Å²) in [6.45, 7) is 0.372. The van der Waals surface area contributed by atoms with Crippen LogP contribution in [0.25, 0.3) is 0 Å². The molecule has 1 heterocycles. The highest BCUT2D eigenvalue weighted by Gasteiger charge is 2.23. The van der Waals surface area contributed by atoms with E-state index in [0.717, 1.165) is 12.8 Å². The van der Waals surface area contributed by atoms with Crippen molar-refractivity contribution in [2.24, 2.45) is 5.92 Å². The molecule has 1 unspecified atom stereocenters. The van der Waals surface area contributed by atoms with Gasteiger partial charge in [-0.2, -0.15) is 0 Å². The maximum absolute atomic E-state index is 11.4. The van der Waals surface area contributed by atoms with Gasteiger partial charge < -0.3 is 5.11 Å². The van der Waals surface area contributed by atoms with Crippen LogP contribution in [0.5, 0.6) is 0 Å². The van der Waals surface area contributed by atoms with Gasteiger partial charge in [0.2, 0.25) is 0 Å². The number of aliphatic hydroxyl groups is 1. The van der Waals surface area contributed by atoms with E-state index in [4.69, 9.17) is 0 Å². The number of aromatic nitrogens is 2. The molecule has 1 atom stereocenters. The highest BCUT2D eigenvalue weighted by Crippen LogP contribution is 2.27. The number of aliphatic hydroxyl groups excluding tert-OH is 1. The average molecular weight is 208 g/mol. The zero-order valence-electron chi connectivity index (χ0n) is 8.67. The van der Waals surface area contributed by atoms with Crippen LogP contribution in [0.3, 0.4) is 0 Å². The van der Waals surface area contributed by atoms with Crippen molar-refractivity contribution in [2.45, 2.75) is 38.3 Å². The summed E-state index contributed by atoms with van der Waals surface area (Å²) in [6, 6.07) is 1.42. The van der Waals surface area contributed by atoms with Crippen LogP contribution in [0.15, 0.2) is 23.4 Å². The van der Waals surface area contributed by atoms with E-state index in [1.165, 1.54) is 36.0 Å². The van der Waals surface area contributed by atoms with Gasteiger partial charge in [0.15, 0.2) is 0 Å². The smallest absolute Gasteiger partial charge is 0.253 e. The van der Waals surface area contributed by atoms with Gasteiger partial charge in [0.25, 0.3) is 5.56 Å². The van der Waals surface area contributed by atoms with Crippen LogP contribution in [0.1, 0.15) is 25.7 Å². The molecule has 1 aliphatic rings. The number of rotatable bonds is 3. The van der Waals surface area contributed by atoms with Gasteiger partial charge in [0.1, 0.15) is 0 Å². The molecule has 0 aromatic carbocycles. The van der Waals surface area contributed by atoms with Gasteiger partial charge >= 0.3 is 0 Å². The van der Waals surface area contributed by atoms with Gasteiger partial charge in [0, 0.05) is 12.3 Å². The van der Waals surface area contributed by atoms with Crippen LogP contribution in [0, 0.1) is 5.92 Å². The van der Waals surface area contributed by atoms with Gasteiger partial charge in [-0.1, -0.05) is 12.8 Å². The molecule has 82 valence electrons. The van der Waals surface area contributed by atoms with Gasteiger partial charge in [0.05, 0.1) is 19.0 Å². The Balaban J connectivity index is 2.02. The third kappa shape index (κ3) is 2.45. The summed E-state index contributed by atoms with van der Waals surface area (Å²) in [5.74, 6) is 0.358. The topological polar surface area (TPSA) is 55.1 Å². The minimum atomic E-state index is -0.408. The fourth-order valence-electron chi connectivity index (χ4n) is 2.21. The fraction of sp³-hybridized carbons (Fsp3) is 0.636. The first-order chi connectivity index (χ1) is 7.27. The van der Waals surface area contributed by atoms with E-state index in [-0.39, 0.29) is 5.56 Å². The van der Waals surface area contributed by atoms with Crippen molar-refractivity contribution in [3.05, 3.63) is 28.9 Å². The van der Waals surface area contributed by atoms with E-state index in [1.54, 1.807) is 0 Å². The average Bonchev–Trinajstić information content (AvgIpc) is 2.74. The lowest BCUT2D eigenvalue weighted by Gasteiger charge is -2.18. The first kappa shape index (κ1) is 10.4. The standard InChI is InChI=1S/C11H16N2O2/c14-10(9-3-1-2-4-9)7-13-8-12-6-5-11(13)15/h5-6,8-10,14H,1-4,7H2. The van der Waals surface area contributed by atoms with Gasteiger partial charge in [-0.05, 0) is 18.8 Å². The zero-order valence-corrected chi connectivity index (χ0v) is 8.67. The fourth-order valence-corrected chi connectivity index (χ4v) is 2.21. The van der Waals surface area contributed by atoms with Crippen LogP contribution in [-0.4, -0.2) is 20.8 Å². The maximum Gasteiger partial charge on any atom is 0.253 e. The maximum atomic E-state index is 11.4. The Hall–Kier alpha value is -1.16. The van der Waals surface area contributed by atoms with Crippen LogP contribution in [0.4, 0.5) is 0 Å². The summed E-state index contributed by atoms with van der Waals surface area (Å²) < 4.78 is 1.48. The quantitative estimate of drug-likeness (QED) is 0.799. The predicted molar refractivity (Wildman–Crippen MR) is 56.5 cm³/mol. The Morgan fingerprint density at radius 3 is 2.93 bits per heavy atom. The Labute approximate surface area is 88.6 Å². The normalized spacial score (nSPS) is 19.3. The lowest BCUT2D eigenvalue weighted by Crippen LogP contribution is -2.30. The second-order valence-electron chi connectivity index (χ2n) is 4.18. The van der Waals surface area contributed by atoms with Crippen molar-refractivity contribution in [3.63, 3.8) is 0 Å². The Bertz CT molecular complexity index is 369. The molecule has 0 amide bonds. The molecule has 1 saturated carbocycles. The van der Waals surface area contributed by atoms with E-state index < -0.39 is 6.10 Å². The van der Waals surface area contributed by atoms with Gasteiger partial charge in [-0.15, -0.1) is 0 Å². The first-order valence-electron chi connectivity index (χ1n) is 5.46. The molecule has 4 heteroatoms. The summed E-state index contributed by atoms with van der Waals surface area (Å²) in [5.41, 5.74) is -0.0953. The molecule has 0 aliphatic heterocycles. The van der Waals surface area contributed by atoms with E-state index in [0.29, 0.717) is 12.5 Å². The Morgan fingerprint density at radius 2 is 2.27 bits per heavy atom. The van der Waals surface area contributed by atoms with Crippen molar-refractivity contribution >= 4 is 0 Å². The zero-order chi connectivity index (χ0) is 10.7. The summed E-state index contributed by atoms with van der Waals surface area (Å²) in [6.07, 6.45) is 7.11. The monoisotopic (exact) mass is 208 g/mol. The highest BCUT2D eigenvalue weighted by atomic mass is 16.3. The lowest BCUT2D eigenvalue weighted by atomic mass is 10.0. The van der Waals surface area contributed by atoms with Crippen molar-refractivity contribution in [1.29, 1.82) is 0 Å². The van der Waals surface area contributed by atoms with Crippen molar-refractivity contribution in [1.82, 2.24) is 9.55 Å². The molecule has 0 saturated heterocycles. The van der Waals surface area contributed by atoms with Crippen molar-refractivity contribution < 1.29 is 5.11 Å². The van der Waals surface area contributed by atoms with Crippen molar-refractivity contribution in [2.75, 3.05) is 0 Å². The summed E-state index contributed by atoms with van der Waals surface area (Å²) in [4.78, 5) is 15.3. The highest BCUT2D eigenvalue weighted by molar-refractivity contribution is 4.84. The third-order valence-electron chi connectivity index (χ3n) is 3.12. The number of nitrogens with zero attached hydrogens (tertiary/aromatic N) is 2. The minimum absolute atomic E-state index is 0.0953. The van der Waals surface area contributed by atoms with Gasteiger partial charge in [-0.25, -0.2) is 4.98 Å². The van der Waals surface area contributed by atoms with E-state index in [2.05, 4.69) is 4.98 Å². The molecule has 1 N–H and O–H groups in total. The molecule has 2 rings (SSSR count). The summed E-state index contributed by atoms with van der Waals surface area (Å²) in [5, 5.41) is 9.94. The van der Waals surface area contributed by atoms with E-state index >= 15 is 0 Å². The molecule has 1 aromatic rings. The van der Waals surface area contributed by atoms with Crippen molar-refractivity contribution in [3.8, 4) is 0 Å².